The van der Waals surface area contributed by atoms with Gasteiger partial charge in [0.2, 0.25) is 0 Å². The number of nitrogens with one attached hydrogen (secondary N) is 2. The van der Waals surface area contributed by atoms with Crippen molar-refractivity contribution in [2.24, 2.45) is 0 Å². The van der Waals surface area contributed by atoms with E-state index < -0.39 is 15.6 Å². The molecule has 19 heavy (non-hydrogen) atoms. The lowest BCUT2D eigenvalue weighted by Crippen LogP contribution is -2.50. The predicted molar refractivity (Wildman–Crippen MR) is 72.5 cm³/mol. The van der Waals surface area contributed by atoms with Crippen LogP contribution in [0.3, 0.4) is 0 Å². The highest BCUT2D eigenvalue weighted by Gasteiger charge is 2.41. The average molecular weight is 285 g/mol. The quantitative estimate of drug-likeness (QED) is 0.861. The molecule has 2 N–H and O–H groups in total. The Morgan fingerprint density at radius 2 is 2.26 bits per heavy atom. The lowest BCUT2D eigenvalue weighted by Gasteiger charge is -2.28. The summed E-state index contributed by atoms with van der Waals surface area (Å²) in [7, 11) is -2.02. The molecule has 6 nitrogen and oxygen atoms in total. The zero-order valence-electron chi connectivity index (χ0n) is 11.3. The highest BCUT2D eigenvalue weighted by atomic mass is 32.2. The molecule has 1 aromatic rings. The maximum absolute atomic E-state index is 12.4. The van der Waals surface area contributed by atoms with Gasteiger partial charge in [-0.15, -0.1) is 0 Å². The fourth-order valence-corrected chi connectivity index (χ4v) is 3.76. The Morgan fingerprint density at radius 1 is 1.53 bits per heavy atom. The highest BCUT2D eigenvalue weighted by Crippen LogP contribution is 2.28. The second kappa shape index (κ2) is 5.07. The van der Waals surface area contributed by atoms with Gasteiger partial charge >= 0.3 is 0 Å². The van der Waals surface area contributed by atoms with Gasteiger partial charge in [-0.2, -0.15) is 0 Å². The fourth-order valence-electron chi connectivity index (χ4n) is 2.12. The smallest absolute Gasteiger partial charge is 0.260 e. The average Bonchev–Trinajstić information content (AvgIpc) is 2.68. The molecule has 2 unspecified atom stereocenters. The maximum Gasteiger partial charge on any atom is 0.260 e. The van der Waals surface area contributed by atoms with Crippen LogP contribution < -0.4 is 10.0 Å². The topological polar surface area (TPSA) is 80.3 Å². The summed E-state index contributed by atoms with van der Waals surface area (Å²) in [4.78, 5) is 3.97. The Bertz CT molecular complexity index is 561. The first kappa shape index (κ1) is 14.2. The third-order valence-corrected chi connectivity index (χ3v) is 5.12. The Hall–Kier alpha value is -1.18. The number of ether oxygens (including phenoxy) is 1. The first-order valence-corrected chi connectivity index (χ1v) is 7.66. The van der Waals surface area contributed by atoms with Gasteiger partial charge in [0.25, 0.3) is 10.0 Å². The number of sulfonamides is 1. The van der Waals surface area contributed by atoms with Crippen molar-refractivity contribution in [3.05, 3.63) is 18.3 Å². The van der Waals surface area contributed by atoms with E-state index in [4.69, 9.17) is 4.74 Å². The predicted octanol–water partition coefficient (Wildman–Crippen LogP) is 0.969. The summed E-state index contributed by atoms with van der Waals surface area (Å²) in [6, 6.07) is 3.37. The van der Waals surface area contributed by atoms with Crippen molar-refractivity contribution in [1.82, 2.24) is 9.71 Å². The van der Waals surface area contributed by atoms with Crippen molar-refractivity contribution < 1.29 is 13.2 Å². The number of hydrogen-bond donors (Lipinski definition) is 2. The molecule has 0 amide bonds. The summed E-state index contributed by atoms with van der Waals surface area (Å²) in [6.45, 7) is 4.28. The summed E-state index contributed by atoms with van der Waals surface area (Å²) in [5, 5.41) is 2.85. The molecule has 1 saturated heterocycles. The fraction of sp³-hybridized carbons (Fsp3) is 0.583. The molecule has 1 aromatic heterocycles. The van der Waals surface area contributed by atoms with E-state index in [0.29, 0.717) is 18.7 Å². The molecule has 2 atom stereocenters. The van der Waals surface area contributed by atoms with Crippen LogP contribution in [-0.4, -0.2) is 38.7 Å². The standard InChI is InChI=1S/C12H19N3O3S/c1-9-12(2,6-8-18-9)15-19(16,17)11-10(13-3)5-4-7-14-11/h4-5,7,9,13,15H,6,8H2,1-3H3. The molecule has 2 rings (SSSR count). The van der Waals surface area contributed by atoms with Gasteiger partial charge in [0.05, 0.1) is 17.3 Å². The lowest BCUT2D eigenvalue weighted by molar-refractivity contribution is 0.0957. The second-order valence-corrected chi connectivity index (χ2v) is 6.49. The number of aromatic nitrogens is 1. The summed E-state index contributed by atoms with van der Waals surface area (Å²) < 4.78 is 33.1. The van der Waals surface area contributed by atoms with Gasteiger partial charge in [-0.1, -0.05) is 0 Å². The molecule has 0 bridgehead atoms. The maximum atomic E-state index is 12.4. The zero-order valence-corrected chi connectivity index (χ0v) is 12.1. The van der Waals surface area contributed by atoms with E-state index in [1.54, 1.807) is 19.2 Å². The van der Waals surface area contributed by atoms with E-state index >= 15 is 0 Å². The molecule has 0 spiro atoms. The molecular formula is C12H19N3O3S. The van der Waals surface area contributed by atoms with Gasteiger partial charge in [-0.3, -0.25) is 0 Å². The summed E-state index contributed by atoms with van der Waals surface area (Å²) in [6.07, 6.45) is 1.95. The number of rotatable bonds is 4. The van der Waals surface area contributed by atoms with E-state index in [9.17, 15) is 8.42 Å². The van der Waals surface area contributed by atoms with Crippen molar-refractivity contribution in [1.29, 1.82) is 0 Å². The molecule has 0 radical (unpaired) electrons. The normalized spacial score (nSPS) is 27.4. The molecular weight excluding hydrogens is 266 g/mol. The van der Waals surface area contributed by atoms with Crippen molar-refractivity contribution in [2.75, 3.05) is 19.0 Å². The molecule has 1 fully saturated rings. The first-order chi connectivity index (χ1) is 8.89. The van der Waals surface area contributed by atoms with Crippen LogP contribution >= 0.6 is 0 Å². The van der Waals surface area contributed by atoms with Crippen LogP contribution in [0.5, 0.6) is 0 Å². The molecule has 1 aliphatic rings. The van der Waals surface area contributed by atoms with E-state index in [-0.39, 0.29) is 11.1 Å². The lowest BCUT2D eigenvalue weighted by atomic mass is 9.97. The van der Waals surface area contributed by atoms with Crippen LogP contribution in [0.4, 0.5) is 5.69 Å². The Labute approximate surface area is 113 Å². The van der Waals surface area contributed by atoms with Gasteiger partial charge in [0.15, 0.2) is 5.03 Å². The van der Waals surface area contributed by atoms with Crippen LogP contribution in [0.25, 0.3) is 0 Å². The molecule has 0 saturated carbocycles. The minimum absolute atomic E-state index is 0.0119. The Morgan fingerprint density at radius 3 is 2.84 bits per heavy atom. The van der Waals surface area contributed by atoms with Gasteiger partial charge in [-0.05, 0) is 32.4 Å². The monoisotopic (exact) mass is 285 g/mol. The molecule has 106 valence electrons. The first-order valence-electron chi connectivity index (χ1n) is 6.17. The van der Waals surface area contributed by atoms with E-state index in [1.807, 2.05) is 13.8 Å². The number of nitrogens with zero attached hydrogens (tertiary/aromatic N) is 1. The van der Waals surface area contributed by atoms with Gasteiger partial charge in [0.1, 0.15) is 0 Å². The van der Waals surface area contributed by atoms with Crippen LogP contribution in [0.15, 0.2) is 23.4 Å². The number of anilines is 1. The molecule has 2 heterocycles. The van der Waals surface area contributed by atoms with E-state index in [2.05, 4.69) is 15.0 Å². The third kappa shape index (κ3) is 2.72. The molecule has 0 aliphatic carbocycles. The highest BCUT2D eigenvalue weighted by molar-refractivity contribution is 7.89. The van der Waals surface area contributed by atoms with Gasteiger partial charge in [-0.25, -0.2) is 18.1 Å². The number of hydrogen-bond acceptors (Lipinski definition) is 5. The van der Waals surface area contributed by atoms with E-state index in [0.717, 1.165) is 0 Å². The summed E-state index contributed by atoms with van der Waals surface area (Å²) in [5.74, 6) is 0. The van der Waals surface area contributed by atoms with Crippen LogP contribution in [0, 0.1) is 0 Å². The largest absolute Gasteiger partial charge is 0.386 e. The van der Waals surface area contributed by atoms with Crippen LogP contribution in [-0.2, 0) is 14.8 Å². The van der Waals surface area contributed by atoms with Crippen LogP contribution in [0.1, 0.15) is 20.3 Å². The third-order valence-electron chi connectivity index (χ3n) is 3.55. The van der Waals surface area contributed by atoms with Gasteiger partial charge in [0, 0.05) is 19.9 Å². The molecule has 0 aromatic carbocycles. The van der Waals surface area contributed by atoms with Crippen molar-refractivity contribution in [3.8, 4) is 0 Å². The van der Waals surface area contributed by atoms with Crippen LogP contribution in [0.2, 0.25) is 0 Å². The number of pyridine rings is 1. The van der Waals surface area contributed by atoms with Crippen molar-refractivity contribution in [2.45, 2.75) is 36.9 Å². The Kier molecular flexibility index (Phi) is 3.80. The van der Waals surface area contributed by atoms with Crippen molar-refractivity contribution in [3.63, 3.8) is 0 Å². The Balaban J connectivity index is 2.33. The van der Waals surface area contributed by atoms with Crippen molar-refractivity contribution >= 4 is 15.7 Å². The SMILES string of the molecule is CNc1cccnc1S(=O)(=O)NC1(C)CCOC1C. The molecule has 1 aliphatic heterocycles. The second-order valence-electron chi connectivity index (χ2n) is 4.89. The van der Waals surface area contributed by atoms with E-state index in [1.165, 1.54) is 6.20 Å². The minimum atomic E-state index is -3.68. The molecule has 7 heteroatoms. The summed E-state index contributed by atoms with van der Waals surface area (Å²) in [5.41, 5.74) is -0.119. The zero-order chi connectivity index (χ0) is 14.1. The summed E-state index contributed by atoms with van der Waals surface area (Å²) >= 11 is 0. The van der Waals surface area contributed by atoms with Gasteiger partial charge < -0.3 is 10.1 Å². The minimum Gasteiger partial charge on any atom is -0.386 e.